The number of carboxylic acids is 1. The van der Waals surface area contributed by atoms with Crippen molar-refractivity contribution in [3.05, 3.63) is 29.3 Å². The predicted octanol–water partition coefficient (Wildman–Crippen LogP) is 2.92. The van der Waals surface area contributed by atoms with Crippen LogP contribution in [0.1, 0.15) is 48.0 Å². The first kappa shape index (κ1) is 16.5. The van der Waals surface area contributed by atoms with Gasteiger partial charge < -0.3 is 15.3 Å². The van der Waals surface area contributed by atoms with E-state index >= 15 is 0 Å². The highest BCUT2D eigenvalue weighted by atomic mass is 16.4. The highest BCUT2D eigenvalue weighted by molar-refractivity contribution is 5.99. The summed E-state index contributed by atoms with van der Waals surface area (Å²) in [6, 6.07) is 5.29. The summed E-state index contributed by atoms with van der Waals surface area (Å²) in [4.78, 5) is 37.1. The zero-order valence-corrected chi connectivity index (χ0v) is 13.6. The Bertz CT molecular complexity index is 663. The molecule has 0 bridgehead atoms. The third-order valence-corrected chi connectivity index (χ3v) is 4.89. The summed E-state index contributed by atoms with van der Waals surface area (Å²) in [5.74, 6) is -1.01. The number of piperidine rings is 1. The number of nitrogens with one attached hydrogen (secondary N) is 1. The molecule has 128 valence electrons. The topological polar surface area (TPSA) is 86.7 Å². The Morgan fingerprint density at radius 2 is 1.83 bits per heavy atom. The van der Waals surface area contributed by atoms with E-state index in [9.17, 15) is 14.4 Å². The minimum absolute atomic E-state index is 0.140. The minimum Gasteiger partial charge on any atom is -0.481 e. The van der Waals surface area contributed by atoms with E-state index in [-0.39, 0.29) is 17.7 Å². The van der Waals surface area contributed by atoms with E-state index in [1.54, 1.807) is 11.0 Å². The number of fused-ring (bicyclic) bond motifs is 1. The second kappa shape index (κ2) is 7.03. The lowest BCUT2D eigenvalue weighted by Crippen LogP contribution is -2.42. The number of carbonyl (C=O) groups is 3. The summed E-state index contributed by atoms with van der Waals surface area (Å²) in [6.45, 7) is 0.874. The Kier molecular flexibility index (Phi) is 4.83. The van der Waals surface area contributed by atoms with Gasteiger partial charge in [-0.1, -0.05) is 6.07 Å². The van der Waals surface area contributed by atoms with Crippen LogP contribution in [-0.4, -0.2) is 40.9 Å². The molecule has 0 saturated carbocycles. The Balaban J connectivity index is 1.65. The molecular formula is C18H22N2O4. The molecule has 1 aliphatic heterocycles. The first-order valence-electron chi connectivity index (χ1n) is 8.49. The van der Waals surface area contributed by atoms with E-state index in [4.69, 9.17) is 5.11 Å². The molecule has 2 N–H and O–H groups in total. The lowest BCUT2D eigenvalue weighted by atomic mass is 9.97. The van der Waals surface area contributed by atoms with Crippen LogP contribution >= 0.6 is 0 Å². The number of Topliss-reactive ketones (excluding diaryl/α,β-unsaturated/α-hetero) is 1. The Hall–Kier alpha value is -2.37. The highest BCUT2D eigenvalue weighted by Gasteiger charge is 2.27. The van der Waals surface area contributed by atoms with E-state index in [0.717, 1.165) is 30.4 Å². The summed E-state index contributed by atoms with van der Waals surface area (Å²) < 4.78 is 0. The maximum Gasteiger partial charge on any atom is 0.321 e. The molecule has 0 spiro atoms. The van der Waals surface area contributed by atoms with Crippen molar-refractivity contribution >= 4 is 23.5 Å². The smallest absolute Gasteiger partial charge is 0.321 e. The number of carboxylic acid groups (broad SMARTS) is 1. The van der Waals surface area contributed by atoms with Crippen molar-refractivity contribution in [3.8, 4) is 0 Å². The van der Waals surface area contributed by atoms with Gasteiger partial charge in [-0.3, -0.25) is 9.59 Å². The number of carbonyl (C=O) groups excluding carboxylic acids is 2. The van der Waals surface area contributed by atoms with Crippen LogP contribution in [0.5, 0.6) is 0 Å². The monoisotopic (exact) mass is 330 g/mol. The van der Waals surface area contributed by atoms with Crippen molar-refractivity contribution in [2.45, 2.75) is 38.5 Å². The molecule has 6 heteroatoms. The number of anilines is 1. The van der Waals surface area contributed by atoms with E-state index in [2.05, 4.69) is 5.32 Å². The van der Waals surface area contributed by atoms with Crippen molar-refractivity contribution in [2.75, 3.05) is 18.4 Å². The molecule has 2 amide bonds. The number of aliphatic carboxylic acids is 1. The Labute approximate surface area is 140 Å². The van der Waals surface area contributed by atoms with Crippen LogP contribution in [0.15, 0.2) is 18.2 Å². The zero-order valence-electron chi connectivity index (χ0n) is 13.6. The maximum atomic E-state index is 12.3. The third kappa shape index (κ3) is 3.58. The SMILES string of the molecule is O=C1CCCCc2ccc(NC(=O)N3CCC(C(=O)O)CC3)cc21. The van der Waals surface area contributed by atoms with Crippen LogP contribution in [0.3, 0.4) is 0 Å². The number of rotatable bonds is 2. The molecule has 0 unspecified atom stereocenters. The number of ketones is 1. The summed E-state index contributed by atoms with van der Waals surface area (Å²) in [5, 5.41) is 11.8. The van der Waals surface area contributed by atoms with Gasteiger partial charge in [0.1, 0.15) is 0 Å². The number of hydrogen-bond donors (Lipinski definition) is 2. The molecule has 1 aromatic carbocycles. The fourth-order valence-corrected chi connectivity index (χ4v) is 3.40. The van der Waals surface area contributed by atoms with E-state index in [1.165, 1.54) is 0 Å². The van der Waals surface area contributed by atoms with Gasteiger partial charge in [-0.25, -0.2) is 4.79 Å². The normalized spacial score (nSPS) is 18.7. The van der Waals surface area contributed by atoms with Gasteiger partial charge in [0, 0.05) is 30.8 Å². The van der Waals surface area contributed by atoms with Crippen LogP contribution in [0.2, 0.25) is 0 Å². The maximum absolute atomic E-state index is 12.3. The van der Waals surface area contributed by atoms with Gasteiger partial charge >= 0.3 is 12.0 Å². The van der Waals surface area contributed by atoms with Gasteiger partial charge in [0.2, 0.25) is 0 Å². The molecule has 0 radical (unpaired) electrons. The second-order valence-corrected chi connectivity index (χ2v) is 6.53. The number of nitrogens with zero attached hydrogens (tertiary/aromatic N) is 1. The molecule has 3 rings (SSSR count). The number of aryl methyl sites for hydroxylation is 1. The molecule has 1 heterocycles. The van der Waals surface area contributed by atoms with Crippen LogP contribution in [0.25, 0.3) is 0 Å². The van der Waals surface area contributed by atoms with Gasteiger partial charge in [0.05, 0.1) is 5.92 Å². The molecule has 2 aliphatic rings. The first-order valence-corrected chi connectivity index (χ1v) is 8.49. The number of hydrogen-bond acceptors (Lipinski definition) is 3. The number of amides is 2. The average Bonchev–Trinajstić information content (AvgIpc) is 2.77. The lowest BCUT2D eigenvalue weighted by molar-refractivity contribution is -0.143. The molecule has 1 saturated heterocycles. The quantitative estimate of drug-likeness (QED) is 0.816. The largest absolute Gasteiger partial charge is 0.481 e. The highest BCUT2D eigenvalue weighted by Crippen LogP contribution is 2.24. The third-order valence-electron chi connectivity index (χ3n) is 4.89. The standard InChI is InChI=1S/C18H22N2O4/c21-16-4-2-1-3-12-5-6-14(11-15(12)16)19-18(24)20-9-7-13(8-10-20)17(22)23/h5-6,11,13H,1-4,7-10H2,(H,19,24)(H,22,23). The fourth-order valence-electron chi connectivity index (χ4n) is 3.40. The van der Waals surface area contributed by atoms with Crippen molar-refractivity contribution < 1.29 is 19.5 Å². The Morgan fingerprint density at radius 1 is 1.12 bits per heavy atom. The van der Waals surface area contributed by atoms with Crippen molar-refractivity contribution in [3.63, 3.8) is 0 Å². The van der Waals surface area contributed by atoms with Gasteiger partial charge in [-0.05, 0) is 49.8 Å². The van der Waals surface area contributed by atoms with Crippen LogP contribution < -0.4 is 5.32 Å². The van der Waals surface area contributed by atoms with Crippen molar-refractivity contribution in [2.24, 2.45) is 5.92 Å². The van der Waals surface area contributed by atoms with Crippen LogP contribution in [0.4, 0.5) is 10.5 Å². The minimum atomic E-state index is -0.792. The van der Waals surface area contributed by atoms with Crippen LogP contribution in [-0.2, 0) is 11.2 Å². The number of benzene rings is 1. The van der Waals surface area contributed by atoms with Gasteiger partial charge in [-0.2, -0.15) is 0 Å². The molecule has 24 heavy (non-hydrogen) atoms. The van der Waals surface area contributed by atoms with Gasteiger partial charge in [0.25, 0.3) is 0 Å². The molecule has 1 aliphatic carbocycles. The van der Waals surface area contributed by atoms with Crippen molar-refractivity contribution in [1.29, 1.82) is 0 Å². The summed E-state index contributed by atoms with van der Waals surface area (Å²) in [7, 11) is 0. The van der Waals surface area contributed by atoms with Crippen LogP contribution in [0, 0.1) is 5.92 Å². The summed E-state index contributed by atoms with van der Waals surface area (Å²) in [5.41, 5.74) is 2.39. The predicted molar refractivity (Wildman–Crippen MR) is 89.3 cm³/mol. The molecule has 6 nitrogen and oxygen atoms in total. The molecule has 1 fully saturated rings. The zero-order chi connectivity index (χ0) is 17.1. The van der Waals surface area contributed by atoms with E-state index in [1.807, 2.05) is 12.1 Å². The van der Waals surface area contributed by atoms with Gasteiger partial charge in [0.15, 0.2) is 5.78 Å². The van der Waals surface area contributed by atoms with Gasteiger partial charge in [-0.15, -0.1) is 0 Å². The summed E-state index contributed by atoms with van der Waals surface area (Å²) >= 11 is 0. The van der Waals surface area contributed by atoms with E-state index < -0.39 is 5.97 Å². The average molecular weight is 330 g/mol. The number of likely N-dealkylation sites (tertiary alicyclic amines) is 1. The van der Waals surface area contributed by atoms with Crippen molar-refractivity contribution in [1.82, 2.24) is 4.90 Å². The molecule has 1 aromatic rings. The Morgan fingerprint density at radius 3 is 2.54 bits per heavy atom. The first-order chi connectivity index (χ1) is 11.5. The lowest BCUT2D eigenvalue weighted by Gasteiger charge is -2.30. The second-order valence-electron chi connectivity index (χ2n) is 6.53. The fraction of sp³-hybridized carbons (Fsp3) is 0.500. The van der Waals surface area contributed by atoms with E-state index in [0.29, 0.717) is 38.0 Å². The molecule has 0 atom stereocenters. The molecule has 0 aromatic heterocycles. The molecular weight excluding hydrogens is 308 g/mol. The number of urea groups is 1. The summed E-state index contributed by atoms with van der Waals surface area (Å²) in [6.07, 6.45) is 4.35.